The molecule has 1 aliphatic heterocycles. The van der Waals surface area contributed by atoms with Crippen LogP contribution in [0.25, 0.3) is 0 Å². The Bertz CT molecular complexity index is 400. The van der Waals surface area contributed by atoms with Gasteiger partial charge in [-0.1, -0.05) is 34.5 Å². The van der Waals surface area contributed by atoms with Crippen LogP contribution in [0.4, 0.5) is 0 Å². The number of piperidine rings is 1. The Hall–Kier alpha value is -0.380. The molecule has 2 nitrogen and oxygen atoms in total. The fraction of sp³-hybridized carbons (Fsp3) is 0.625. The van der Waals surface area contributed by atoms with Gasteiger partial charge in [-0.05, 0) is 57.0 Å². The SMILES string of the molecule is Cc1ccc(CNCC(C)N2CCCCC2)cc1Br. The average Bonchev–Trinajstić information content (AvgIpc) is 2.43. The molecule has 0 amide bonds. The van der Waals surface area contributed by atoms with Crippen molar-refractivity contribution in [3.63, 3.8) is 0 Å². The third-order valence-electron chi connectivity index (χ3n) is 4.02. The molecule has 0 aromatic heterocycles. The summed E-state index contributed by atoms with van der Waals surface area (Å²) in [6, 6.07) is 7.25. The van der Waals surface area contributed by atoms with Crippen LogP contribution < -0.4 is 5.32 Å². The van der Waals surface area contributed by atoms with E-state index in [0.29, 0.717) is 6.04 Å². The third kappa shape index (κ3) is 4.59. The van der Waals surface area contributed by atoms with Crippen molar-refractivity contribution < 1.29 is 0 Å². The van der Waals surface area contributed by atoms with Gasteiger partial charge in [0.1, 0.15) is 0 Å². The Morgan fingerprint density at radius 2 is 2.00 bits per heavy atom. The second-order valence-corrected chi connectivity index (χ2v) is 6.51. The smallest absolute Gasteiger partial charge is 0.0207 e. The van der Waals surface area contributed by atoms with Crippen LogP contribution in [-0.2, 0) is 6.54 Å². The summed E-state index contributed by atoms with van der Waals surface area (Å²) in [4.78, 5) is 2.61. The summed E-state index contributed by atoms with van der Waals surface area (Å²) in [6.45, 7) is 9.05. The fourth-order valence-electron chi connectivity index (χ4n) is 2.66. The molecular formula is C16H25BrN2. The number of hydrogen-bond donors (Lipinski definition) is 1. The molecule has 0 bridgehead atoms. The summed E-state index contributed by atoms with van der Waals surface area (Å²) in [5.74, 6) is 0. The van der Waals surface area contributed by atoms with Gasteiger partial charge in [0.05, 0.1) is 0 Å². The topological polar surface area (TPSA) is 15.3 Å². The molecule has 1 heterocycles. The van der Waals surface area contributed by atoms with Crippen LogP contribution in [0.2, 0.25) is 0 Å². The highest BCUT2D eigenvalue weighted by Gasteiger charge is 2.15. The number of likely N-dealkylation sites (tertiary alicyclic amines) is 1. The predicted octanol–water partition coefficient (Wildman–Crippen LogP) is 3.72. The number of aryl methyl sites for hydroxylation is 1. The highest BCUT2D eigenvalue weighted by Crippen LogP contribution is 2.17. The van der Waals surface area contributed by atoms with E-state index in [1.807, 2.05) is 0 Å². The van der Waals surface area contributed by atoms with Gasteiger partial charge in [-0.25, -0.2) is 0 Å². The predicted molar refractivity (Wildman–Crippen MR) is 85.5 cm³/mol. The number of nitrogens with one attached hydrogen (secondary N) is 1. The monoisotopic (exact) mass is 324 g/mol. The van der Waals surface area contributed by atoms with Gasteiger partial charge in [-0.15, -0.1) is 0 Å². The van der Waals surface area contributed by atoms with Crippen LogP contribution in [0.15, 0.2) is 22.7 Å². The van der Waals surface area contributed by atoms with Gasteiger partial charge in [-0.3, -0.25) is 4.90 Å². The van der Waals surface area contributed by atoms with Crippen molar-refractivity contribution in [2.24, 2.45) is 0 Å². The fourth-order valence-corrected chi connectivity index (χ4v) is 3.09. The first-order chi connectivity index (χ1) is 9.16. The van der Waals surface area contributed by atoms with E-state index in [4.69, 9.17) is 0 Å². The molecule has 1 atom stereocenters. The maximum absolute atomic E-state index is 3.59. The molecule has 0 spiro atoms. The molecule has 1 fully saturated rings. The molecule has 1 aromatic rings. The van der Waals surface area contributed by atoms with Crippen molar-refractivity contribution in [2.75, 3.05) is 19.6 Å². The van der Waals surface area contributed by atoms with Gasteiger partial charge in [-0.2, -0.15) is 0 Å². The van der Waals surface area contributed by atoms with E-state index >= 15 is 0 Å². The molecule has 1 aromatic carbocycles. The van der Waals surface area contributed by atoms with Gasteiger partial charge >= 0.3 is 0 Å². The number of halogens is 1. The van der Waals surface area contributed by atoms with Crippen LogP contribution in [0, 0.1) is 6.92 Å². The standard InChI is InChI=1S/C16H25BrN2/c1-13-6-7-15(10-16(13)17)12-18-11-14(2)19-8-4-3-5-9-19/h6-7,10,14,18H,3-5,8-9,11-12H2,1-2H3. The maximum atomic E-state index is 3.59. The van der Waals surface area contributed by atoms with E-state index in [1.54, 1.807) is 0 Å². The molecule has 0 aliphatic carbocycles. The lowest BCUT2D eigenvalue weighted by Gasteiger charge is -2.32. The Morgan fingerprint density at radius 3 is 2.68 bits per heavy atom. The Labute approximate surface area is 125 Å². The zero-order valence-corrected chi connectivity index (χ0v) is 13.7. The Balaban J connectivity index is 1.74. The molecule has 1 unspecified atom stereocenters. The van der Waals surface area contributed by atoms with Crippen molar-refractivity contribution in [1.29, 1.82) is 0 Å². The minimum Gasteiger partial charge on any atom is -0.311 e. The Morgan fingerprint density at radius 1 is 1.26 bits per heavy atom. The number of rotatable bonds is 5. The Kier molecular flexibility index (Phi) is 5.86. The van der Waals surface area contributed by atoms with Gasteiger partial charge < -0.3 is 5.32 Å². The van der Waals surface area contributed by atoms with Gasteiger partial charge in [0.2, 0.25) is 0 Å². The summed E-state index contributed by atoms with van der Waals surface area (Å²) in [6.07, 6.45) is 4.15. The summed E-state index contributed by atoms with van der Waals surface area (Å²) < 4.78 is 1.20. The second-order valence-electron chi connectivity index (χ2n) is 5.66. The minimum absolute atomic E-state index is 0.647. The molecule has 1 aliphatic rings. The van der Waals surface area contributed by atoms with Gasteiger partial charge in [0.15, 0.2) is 0 Å². The van der Waals surface area contributed by atoms with Crippen LogP contribution in [0.5, 0.6) is 0 Å². The molecule has 106 valence electrons. The molecular weight excluding hydrogens is 300 g/mol. The average molecular weight is 325 g/mol. The van der Waals surface area contributed by atoms with E-state index in [-0.39, 0.29) is 0 Å². The molecule has 1 saturated heterocycles. The molecule has 3 heteroatoms. The lowest BCUT2D eigenvalue weighted by molar-refractivity contribution is 0.170. The number of nitrogens with zero attached hydrogens (tertiary/aromatic N) is 1. The molecule has 0 saturated carbocycles. The highest BCUT2D eigenvalue weighted by atomic mass is 79.9. The van der Waals surface area contributed by atoms with Crippen molar-refractivity contribution in [2.45, 2.75) is 45.7 Å². The van der Waals surface area contributed by atoms with E-state index in [0.717, 1.165) is 13.1 Å². The lowest BCUT2D eigenvalue weighted by Crippen LogP contribution is -2.42. The number of benzene rings is 1. The summed E-state index contributed by atoms with van der Waals surface area (Å²) >= 11 is 3.59. The molecule has 1 N–H and O–H groups in total. The van der Waals surface area contributed by atoms with E-state index < -0.39 is 0 Å². The molecule has 0 radical (unpaired) electrons. The molecule has 19 heavy (non-hydrogen) atoms. The molecule has 2 rings (SSSR count). The third-order valence-corrected chi connectivity index (χ3v) is 4.87. The first kappa shape index (κ1) is 15.0. The second kappa shape index (κ2) is 7.41. The first-order valence-electron chi connectivity index (χ1n) is 7.36. The summed E-state index contributed by atoms with van der Waals surface area (Å²) in [5.41, 5.74) is 2.65. The van der Waals surface area contributed by atoms with E-state index in [1.165, 1.54) is 48.0 Å². The van der Waals surface area contributed by atoms with Crippen molar-refractivity contribution in [1.82, 2.24) is 10.2 Å². The van der Waals surface area contributed by atoms with Crippen LogP contribution in [0.3, 0.4) is 0 Å². The van der Waals surface area contributed by atoms with Crippen molar-refractivity contribution in [3.8, 4) is 0 Å². The van der Waals surface area contributed by atoms with Crippen LogP contribution in [-0.4, -0.2) is 30.6 Å². The van der Waals surface area contributed by atoms with E-state index in [2.05, 4.69) is 58.2 Å². The van der Waals surface area contributed by atoms with Crippen molar-refractivity contribution in [3.05, 3.63) is 33.8 Å². The van der Waals surface area contributed by atoms with Gasteiger partial charge in [0, 0.05) is 23.6 Å². The van der Waals surface area contributed by atoms with Crippen molar-refractivity contribution >= 4 is 15.9 Å². The largest absolute Gasteiger partial charge is 0.311 e. The van der Waals surface area contributed by atoms with Gasteiger partial charge in [0.25, 0.3) is 0 Å². The minimum atomic E-state index is 0.647. The maximum Gasteiger partial charge on any atom is 0.0207 e. The first-order valence-corrected chi connectivity index (χ1v) is 8.16. The zero-order chi connectivity index (χ0) is 13.7. The zero-order valence-electron chi connectivity index (χ0n) is 12.1. The number of hydrogen-bond acceptors (Lipinski definition) is 2. The highest BCUT2D eigenvalue weighted by molar-refractivity contribution is 9.10. The summed E-state index contributed by atoms with van der Waals surface area (Å²) in [7, 11) is 0. The van der Waals surface area contributed by atoms with Crippen LogP contribution >= 0.6 is 15.9 Å². The lowest BCUT2D eigenvalue weighted by atomic mass is 10.1. The normalized spacial score (nSPS) is 18.5. The van der Waals surface area contributed by atoms with E-state index in [9.17, 15) is 0 Å². The summed E-state index contributed by atoms with van der Waals surface area (Å²) in [5, 5.41) is 3.58. The van der Waals surface area contributed by atoms with Crippen LogP contribution in [0.1, 0.15) is 37.3 Å². The quantitative estimate of drug-likeness (QED) is 0.888.